The largest absolute Gasteiger partial charge is 0.380 e. The molecule has 5 nitrogen and oxygen atoms in total. The highest BCUT2D eigenvalue weighted by molar-refractivity contribution is 5.78. The van der Waals surface area contributed by atoms with Gasteiger partial charge < -0.3 is 10.1 Å². The van der Waals surface area contributed by atoms with Crippen LogP contribution in [0.25, 0.3) is 0 Å². The second-order valence-electron chi connectivity index (χ2n) is 7.70. The number of likely N-dealkylation sites (N-methyl/N-ethyl adjacent to an activating group) is 1. The van der Waals surface area contributed by atoms with E-state index in [0.717, 1.165) is 43.7 Å². The van der Waals surface area contributed by atoms with Crippen molar-refractivity contribution in [2.45, 2.75) is 39.1 Å². The molecule has 1 fully saturated rings. The Morgan fingerprint density at radius 2 is 1.86 bits per heavy atom. The van der Waals surface area contributed by atoms with Gasteiger partial charge in [0.15, 0.2) is 0 Å². The lowest BCUT2D eigenvalue weighted by molar-refractivity contribution is -0.122. The van der Waals surface area contributed by atoms with E-state index in [9.17, 15) is 4.79 Å². The van der Waals surface area contributed by atoms with Gasteiger partial charge in [0.1, 0.15) is 0 Å². The van der Waals surface area contributed by atoms with E-state index >= 15 is 0 Å². The predicted octanol–water partition coefficient (Wildman–Crippen LogP) is 3.05. The van der Waals surface area contributed by atoms with Crippen LogP contribution in [0.15, 0.2) is 54.6 Å². The standard InChI is InChI=1S/C24H33N3O2/c1-3-27(23-13-14-26(17-23)16-20-9-5-4-6-10-20)18-24(28)25-15-21-11-7-8-12-22(21)19-29-2/h4-12,23H,3,13-19H2,1-2H3,(H,25,28)/t23-/m0/s1. The topological polar surface area (TPSA) is 44.8 Å². The van der Waals surface area contributed by atoms with Crippen LogP contribution in [0.5, 0.6) is 0 Å². The molecule has 5 heteroatoms. The summed E-state index contributed by atoms with van der Waals surface area (Å²) in [7, 11) is 1.69. The molecule has 1 aliphatic heterocycles. The molecule has 0 aromatic heterocycles. The van der Waals surface area contributed by atoms with Gasteiger partial charge in [0.2, 0.25) is 5.91 Å². The monoisotopic (exact) mass is 395 g/mol. The lowest BCUT2D eigenvalue weighted by Crippen LogP contribution is -2.44. The van der Waals surface area contributed by atoms with Crippen LogP contribution in [-0.4, -0.2) is 55.0 Å². The van der Waals surface area contributed by atoms with Crippen molar-refractivity contribution in [3.8, 4) is 0 Å². The number of rotatable bonds is 10. The van der Waals surface area contributed by atoms with E-state index in [-0.39, 0.29) is 5.91 Å². The van der Waals surface area contributed by atoms with Crippen molar-refractivity contribution in [2.24, 2.45) is 0 Å². The third kappa shape index (κ3) is 6.39. The average molecular weight is 396 g/mol. The van der Waals surface area contributed by atoms with Crippen LogP contribution in [0.1, 0.15) is 30.0 Å². The maximum atomic E-state index is 12.6. The molecule has 2 aromatic carbocycles. The highest BCUT2D eigenvalue weighted by Crippen LogP contribution is 2.18. The molecular weight excluding hydrogens is 362 g/mol. The van der Waals surface area contributed by atoms with Crippen molar-refractivity contribution in [1.29, 1.82) is 0 Å². The molecule has 0 spiro atoms. The first-order valence-corrected chi connectivity index (χ1v) is 10.5. The summed E-state index contributed by atoms with van der Waals surface area (Å²) < 4.78 is 5.25. The molecule has 1 heterocycles. The summed E-state index contributed by atoms with van der Waals surface area (Å²) >= 11 is 0. The first-order valence-electron chi connectivity index (χ1n) is 10.5. The Morgan fingerprint density at radius 1 is 1.14 bits per heavy atom. The lowest BCUT2D eigenvalue weighted by Gasteiger charge is -2.27. The fourth-order valence-corrected chi connectivity index (χ4v) is 4.06. The van der Waals surface area contributed by atoms with Gasteiger partial charge in [-0.1, -0.05) is 61.5 Å². The minimum atomic E-state index is 0.0839. The van der Waals surface area contributed by atoms with E-state index in [1.54, 1.807) is 7.11 Å². The van der Waals surface area contributed by atoms with Gasteiger partial charge in [0, 0.05) is 39.3 Å². The zero-order chi connectivity index (χ0) is 20.5. The van der Waals surface area contributed by atoms with Gasteiger partial charge in [0.25, 0.3) is 0 Å². The number of methoxy groups -OCH3 is 1. The van der Waals surface area contributed by atoms with Gasteiger partial charge in [-0.05, 0) is 29.7 Å². The van der Waals surface area contributed by atoms with Gasteiger partial charge in [-0.3, -0.25) is 14.6 Å². The van der Waals surface area contributed by atoms with Crippen molar-refractivity contribution >= 4 is 5.91 Å². The van der Waals surface area contributed by atoms with E-state index in [1.807, 2.05) is 24.3 Å². The van der Waals surface area contributed by atoms with Crippen molar-refractivity contribution in [3.05, 3.63) is 71.3 Å². The van der Waals surface area contributed by atoms with Crippen LogP contribution >= 0.6 is 0 Å². The summed E-state index contributed by atoms with van der Waals surface area (Å²) in [5, 5.41) is 3.09. The van der Waals surface area contributed by atoms with Crippen molar-refractivity contribution in [3.63, 3.8) is 0 Å². The Morgan fingerprint density at radius 3 is 2.59 bits per heavy atom. The summed E-state index contributed by atoms with van der Waals surface area (Å²) in [5.74, 6) is 0.0839. The quantitative estimate of drug-likeness (QED) is 0.672. The van der Waals surface area contributed by atoms with E-state index < -0.39 is 0 Å². The van der Waals surface area contributed by atoms with Gasteiger partial charge in [-0.2, -0.15) is 0 Å². The lowest BCUT2D eigenvalue weighted by atomic mass is 10.1. The minimum absolute atomic E-state index is 0.0839. The molecule has 1 atom stereocenters. The third-order valence-corrected chi connectivity index (χ3v) is 5.66. The van der Waals surface area contributed by atoms with Gasteiger partial charge in [-0.25, -0.2) is 0 Å². The van der Waals surface area contributed by atoms with E-state index in [1.165, 1.54) is 5.56 Å². The SMILES string of the molecule is CCN(CC(=O)NCc1ccccc1COC)[C@H]1CCN(Cc2ccccc2)C1. The molecule has 29 heavy (non-hydrogen) atoms. The van der Waals surface area contributed by atoms with Crippen molar-refractivity contribution in [1.82, 2.24) is 15.1 Å². The third-order valence-electron chi connectivity index (χ3n) is 5.66. The van der Waals surface area contributed by atoms with Crippen molar-refractivity contribution in [2.75, 3.05) is 33.3 Å². The Bertz CT molecular complexity index is 766. The molecule has 1 N–H and O–H groups in total. The molecule has 3 rings (SSSR count). The number of ether oxygens (including phenoxy) is 1. The van der Waals surface area contributed by atoms with Crippen LogP contribution in [0, 0.1) is 0 Å². The predicted molar refractivity (Wildman–Crippen MR) is 116 cm³/mol. The second-order valence-corrected chi connectivity index (χ2v) is 7.70. The number of hydrogen-bond donors (Lipinski definition) is 1. The summed E-state index contributed by atoms with van der Waals surface area (Å²) in [4.78, 5) is 17.4. The van der Waals surface area contributed by atoms with E-state index in [2.05, 4.69) is 52.4 Å². The molecule has 156 valence electrons. The van der Waals surface area contributed by atoms with Gasteiger partial charge in [0.05, 0.1) is 13.2 Å². The molecule has 0 saturated carbocycles. The Labute approximate surface area is 174 Å². The molecule has 0 aliphatic carbocycles. The summed E-state index contributed by atoms with van der Waals surface area (Å²) in [6, 6.07) is 19.1. The highest BCUT2D eigenvalue weighted by atomic mass is 16.5. The number of likely N-dealkylation sites (tertiary alicyclic amines) is 1. The maximum absolute atomic E-state index is 12.6. The maximum Gasteiger partial charge on any atom is 0.234 e. The normalized spacial score (nSPS) is 17.0. The second kappa shape index (κ2) is 11.1. The molecule has 2 aromatic rings. The van der Waals surface area contributed by atoms with E-state index in [0.29, 0.717) is 25.7 Å². The number of amides is 1. The Balaban J connectivity index is 1.48. The number of carbonyl (C=O) groups excluding carboxylic acids is 1. The molecular formula is C24H33N3O2. The van der Waals surface area contributed by atoms with Crippen LogP contribution in [0.2, 0.25) is 0 Å². The van der Waals surface area contributed by atoms with Crippen LogP contribution < -0.4 is 5.32 Å². The molecule has 1 aliphatic rings. The van der Waals surface area contributed by atoms with Crippen LogP contribution in [-0.2, 0) is 29.2 Å². The first-order chi connectivity index (χ1) is 14.2. The smallest absolute Gasteiger partial charge is 0.234 e. The highest BCUT2D eigenvalue weighted by Gasteiger charge is 2.27. The number of nitrogens with one attached hydrogen (secondary N) is 1. The molecule has 1 amide bonds. The number of carbonyl (C=O) groups is 1. The molecule has 1 saturated heterocycles. The Kier molecular flexibility index (Phi) is 8.23. The number of hydrogen-bond acceptors (Lipinski definition) is 4. The van der Waals surface area contributed by atoms with Crippen molar-refractivity contribution < 1.29 is 9.53 Å². The molecule has 0 bridgehead atoms. The average Bonchev–Trinajstić information content (AvgIpc) is 3.20. The molecule has 0 radical (unpaired) electrons. The van der Waals surface area contributed by atoms with Gasteiger partial charge in [-0.15, -0.1) is 0 Å². The summed E-state index contributed by atoms with van der Waals surface area (Å²) in [5.41, 5.74) is 3.58. The summed E-state index contributed by atoms with van der Waals surface area (Å²) in [6.45, 7) is 7.67. The number of benzene rings is 2. The number of nitrogens with zero attached hydrogens (tertiary/aromatic N) is 2. The van der Waals surface area contributed by atoms with E-state index in [4.69, 9.17) is 4.74 Å². The fourth-order valence-electron chi connectivity index (χ4n) is 4.06. The summed E-state index contributed by atoms with van der Waals surface area (Å²) in [6.07, 6.45) is 1.12. The molecule has 0 unspecified atom stereocenters. The Hall–Kier alpha value is -2.21. The minimum Gasteiger partial charge on any atom is -0.380 e. The zero-order valence-corrected chi connectivity index (χ0v) is 17.6. The first kappa shape index (κ1) is 21.5. The fraction of sp³-hybridized carbons (Fsp3) is 0.458. The zero-order valence-electron chi connectivity index (χ0n) is 17.6. The van der Waals surface area contributed by atoms with Crippen LogP contribution in [0.4, 0.5) is 0 Å². The van der Waals surface area contributed by atoms with Gasteiger partial charge >= 0.3 is 0 Å². The van der Waals surface area contributed by atoms with Crippen LogP contribution in [0.3, 0.4) is 0 Å².